The van der Waals surface area contributed by atoms with Gasteiger partial charge in [0.1, 0.15) is 11.5 Å². The summed E-state index contributed by atoms with van der Waals surface area (Å²) in [6.45, 7) is 2.66. The number of halogens is 1. The predicted molar refractivity (Wildman–Crippen MR) is 90.5 cm³/mol. The first-order valence-corrected chi connectivity index (χ1v) is 7.88. The fourth-order valence-corrected chi connectivity index (χ4v) is 2.02. The minimum Gasteiger partial charge on any atom is -0.494 e. The van der Waals surface area contributed by atoms with Gasteiger partial charge in [-0.05, 0) is 42.8 Å². The van der Waals surface area contributed by atoms with E-state index in [-0.39, 0.29) is 12.5 Å². The Morgan fingerprint density at radius 1 is 1.09 bits per heavy atom. The van der Waals surface area contributed by atoms with Crippen molar-refractivity contribution in [1.82, 2.24) is 0 Å². The van der Waals surface area contributed by atoms with Crippen LogP contribution in [0.15, 0.2) is 53.0 Å². The van der Waals surface area contributed by atoms with E-state index >= 15 is 0 Å². The van der Waals surface area contributed by atoms with E-state index in [9.17, 15) is 4.79 Å². The van der Waals surface area contributed by atoms with Crippen molar-refractivity contribution in [1.29, 1.82) is 0 Å². The molecule has 0 saturated heterocycles. The Kier molecular flexibility index (Phi) is 6.27. The molecule has 1 amide bonds. The number of amides is 1. The van der Waals surface area contributed by atoms with Gasteiger partial charge in [-0.3, -0.25) is 4.79 Å². The molecule has 0 aliphatic rings. The largest absolute Gasteiger partial charge is 0.494 e. The summed E-state index contributed by atoms with van der Waals surface area (Å²) in [7, 11) is 0. The lowest BCUT2D eigenvalue weighted by atomic mass is 10.3. The molecule has 22 heavy (non-hydrogen) atoms. The molecule has 2 aromatic carbocycles. The summed E-state index contributed by atoms with van der Waals surface area (Å²) >= 11 is 3.35. The highest BCUT2D eigenvalue weighted by atomic mass is 79.9. The van der Waals surface area contributed by atoms with Gasteiger partial charge in [-0.1, -0.05) is 28.9 Å². The van der Waals surface area contributed by atoms with Crippen molar-refractivity contribution < 1.29 is 14.3 Å². The average Bonchev–Trinajstić information content (AvgIpc) is 2.53. The predicted octanol–water partition coefficient (Wildman–Crippen LogP) is 4.26. The number of rotatable bonds is 7. The van der Waals surface area contributed by atoms with Crippen LogP contribution in [0.2, 0.25) is 0 Å². The first-order valence-electron chi connectivity index (χ1n) is 7.08. The number of nitrogens with one attached hydrogen (secondary N) is 1. The van der Waals surface area contributed by atoms with Gasteiger partial charge in [0.15, 0.2) is 6.61 Å². The Bertz CT molecular complexity index is 614. The second-order valence-electron chi connectivity index (χ2n) is 4.67. The van der Waals surface area contributed by atoms with Crippen LogP contribution in [-0.2, 0) is 4.79 Å². The summed E-state index contributed by atoms with van der Waals surface area (Å²) in [5, 5.41) is 2.79. The first-order chi connectivity index (χ1) is 10.7. The van der Waals surface area contributed by atoms with Crippen molar-refractivity contribution in [2.75, 3.05) is 18.5 Å². The topological polar surface area (TPSA) is 47.6 Å². The van der Waals surface area contributed by atoms with Gasteiger partial charge in [-0.2, -0.15) is 0 Å². The molecule has 0 unspecified atom stereocenters. The van der Waals surface area contributed by atoms with Crippen LogP contribution in [0.3, 0.4) is 0 Å². The van der Waals surface area contributed by atoms with Crippen molar-refractivity contribution in [2.45, 2.75) is 13.3 Å². The number of ether oxygens (including phenoxy) is 2. The molecule has 0 bridgehead atoms. The van der Waals surface area contributed by atoms with Crippen LogP contribution >= 0.6 is 15.9 Å². The van der Waals surface area contributed by atoms with E-state index in [1.807, 2.05) is 37.3 Å². The van der Waals surface area contributed by atoms with E-state index in [2.05, 4.69) is 21.2 Å². The third-order valence-corrected chi connectivity index (χ3v) is 3.30. The third kappa shape index (κ3) is 5.41. The molecule has 0 radical (unpaired) electrons. The van der Waals surface area contributed by atoms with E-state index in [4.69, 9.17) is 9.47 Å². The van der Waals surface area contributed by atoms with Gasteiger partial charge in [0.25, 0.3) is 5.91 Å². The minimum atomic E-state index is -0.212. The molecule has 0 saturated carbocycles. The maximum atomic E-state index is 11.9. The zero-order chi connectivity index (χ0) is 15.8. The number of hydrogen-bond acceptors (Lipinski definition) is 3. The maximum Gasteiger partial charge on any atom is 0.262 e. The van der Waals surface area contributed by atoms with E-state index in [0.717, 1.165) is 16.6 Å². The number of carbonyl (C=O) groups is 1. The van der Waals surface area contributed by atoms with Crippen LogP contribution < -0.4 is 14.8 Å². The zero-order valence-electron chi connectivity index (χ0n) is 12.3. The third-order valence-electron chi connectivity index (χ3n) is 2.77. The van der Waals surface area contributed by atoms with Gasteiger partial charge in [0, 0.05) is 16.2 Å². The highest BCUT2D eigenvalue weighted by Crippen LogP contribution is 2.18. The molecule has 0 heterocycles. The summed E-state index contributed by atoms with van der Waals surface area (Å²) in [4.78, 5) is 11.9. The number of anilines is 1. The van der Waals surface area contributed by atoms with Crippen molar-refractivity contribution in [3.05, 3.63) is 53.0 Å². The molecule has 0 aromatic heterocycles. The number of hydrogen-bond donors (Lipinski definition) is 1. The summed E-state index contributed by atoms with van der Waals surface area (Å²) in [5.74, 6) is 1.18. The average molecular weight is 364 g/mol. The van der Waals surface area contributed by atoms with Crippen LogP contribution in [0.5, 0.6) is 11.5 Å². The lowest BCUT2D eigenvalue weighted by Crippen LogP contribution is -2.20. The van der Waals surface area contributed by atoms with Gasteiger partial charge >= 0.3 is 0 Å². The molecule has 116 valence electrons. The molecule has 0 aliphatic carbocycles. The maximum absolute atomic E-state index is 11.9. The van der Waals surface area contributed by atoms with E-state index in [1.54, 1.807) is 18.2 Å². The molecule has 2 rings (SSSR count). The summed E-state index contributed by atoms with van der Waals surface area (Å²) < 4.78 is 11.9. The fraction of sp³-hybridized carbons (Fsp3) is 0.235. The molecule has 0 spiro atoms. The second kappa shape index (κ2) is 8.44. The molecular formula is C17H18BrNO3. The zero-order valence-corrected chi connectivity index (χ0v) is 13.9. The van der Waals surface area contributed by atoms with Crippen LogP contribution in [0.25, 0.3) is 0 Å². The van der Waals surface area contributed by atoms with E-state index in [0.29, 0.717) is 18.0 Å². The summed E-state index contributed by atoms with van der Waals surface area (Å²) in [6.07, 6.45) is 0.942. The van der Waals surface area contributed by atoms with Crippen LogP contribution in [0.4, 0.5) is 5.69 Å². The molecule has 4 nitrogen and oxygen atoms in total. The Morgan fingerprint density at radius 2 is 1.86 bits per heavy atom. The Hall–Kier alpha value is -2.01. The first kappa shape index (κ1) is 16.4. The van der Waals surface area contributed by atoms with Gasteiger partial charge in [0.2, 0.25) is 0 Å². The quantitative estimate of drug-likeness (QED) is 0.799. The van der Waals surface area contributed by atoms with Gasteiger partial charge < -0.3 is 14.8 Å². The lowest BCUT2D eigenvalue weighted by Gasteiger charge is -2.09. The Balaban J connectivity index is 1.85. The van der Waals surface area contributed by atoms with Crippen molar-refractivity contribution in [3.8, 4) is 11.5 Å². The van der Waals surface area contributed by atoms with Crippen molar-refractivity contribution in [3.63, 3.8) is 0 Å². The lowest BCUT2D eigenvalue weighted by molar-refractivity contribution is -0.118. The molecule has 2 aromatic rings. The summed E-state index contributed by atoms with van der Waals surface area (Å²) in [6, 6.07) is 14.7. The highest BCUT2D eigenvalue weighted by Gasteiger charge is 2.05. The molecule has 0 fully saturated rings. The van der Waals surface area contributed by atoms with E-state index < -0.39 is 0 Å². The smallest absolute Gasteiger partial charge is 0.262 e. The highest BCUT2D eigenvalue weighted by molar-refractivity contribution is 9.10. The number of benzene rings is 2. The van der Waals surface area contributed by atoms with Gasteiger partial charge in [0.05, 0.1) is 6.61 Å². The van der Waals surface area contributed by atoms with Crippen molar-refractivity contribution in [2.24, 2.45) is 0 Å². The van der Waals surface area contributed by atoms with Gasteiger partial charge in [-0.15, -0.1) is 0 Å². The SMILES string of the molecule is CCCOc1cccc(NC(=O)COc2ccc(Br)cc2)c1. The molecule has 5 heteroatoms. The molecule has 1 N–H and O–H groups in total. The molecule has 0 atom stereocenters. The fourth-order valence-electron chi connectivity index (χ4n) is 1.76. The minimum absolute atomic E-state index is 0.0400. The van der Waals surface area contributed by atoms with E-state index in [1.165, 1.54) is 0 Å². The van der Waals surface area contributed by atoms with Crippen LogP contribution in [0, 0.1) is 0 Å². The second-order valence-corrected chi connectivity index (χ2v) is 5.58. The summed E-state index contributed by atoms with van der Waals surface area (Å²) in [5.41, 5.74) is 0.693. The number of carbonyl (C=O) groups excluding carboxylic acids is 1. The van der Waals surface area contributed by atoms with Crippen molar-refractivity contribution >= 4 is 27.5 Å². The normalized spacial score (nSPS) is 10.1. The van der Waals surface area contributed by atoms with Crippen LogP contribution in [-0.4, -0.2) is 19.1 Å². The monoisotopic (exact) mass is 363 g/mol. The van der Waals surface area contributed by atoms with Crippen LogP contribution in [0.1, 0.15) is 13.3 Å². The molecular weight excluding hydrogens is 346 g/mol. The molecule has 0 aliphatic heterocycles. The Labute approximate surface area is 138 Å². The van der Waals surface area contributed by atoms with Gasteiger partial charge in [-0.25, -0.2) is 0 Å². The standard InChI is InChI=1S/C17H18BrNO3/c1-2-10-21-16-5-3-4-14(11-16)19-17(20)12-22-15-8-6-13(18)7-9-15/h3-9,11H,2,10,12H2,1H3,(H,19,20). The Morgan fingerprint density at radius 3 is 2.59 bits per heavy atom.